The van der Waals surface area contributed by atoms with E-state index in [0.717, 1.165) is 11.2 Å². The molecule has 0 bridgehead atoms. The van der Waals surface area contributed by atoms with Gasteiger partial charge < -0.3 is 13.8 Å². The summed E-state index contributed by atoms with van der Waals surface area (Å²) >= 11 is 0. The Balaban J connectivity index is 2.29. The van der Waals surface area contributed by atoms with Gasteiger partial charge in [-0.2, -0.15) is 0 Å². The molecule has 0 aliphatic carbocycles. The van der Waals surface area contributed by atoms with Crippen LogP contribution in [-0.2, 0) is 9.31 Å². The van der Waals surface area contributed by atoms with Crippen molar-refractivity contribution in [1.29, 1.82) is 0 Å². The maximum Gasteiger partial charge on any atom is 0.500 e. The Morgan fingerprint density at radius 2 is 1.65 bits per heavy atom. The molecule has 0 radical (unpaired) electrons. The van der Waals surface area contributed by atoms with Gasteiger partial charge in [0.25, 0.3) is 0 Å². The van der Waals surface area contributed by atoms with Gasteiger partial charge in [-0.15, -0.1) is 0 Å². The van der Waals surface area contributed by atoms with Crippen LogP contribution in [0.25, 0.3) is 0 Å². The summed E-state index contributed by atoms with van der Waals surface area (Å²) in [6, 6.07) is 0. The van der Waals surface area contributed by atoms with Crippen molar-refractivity contribution in [2.45, 2.75) is 58.7 Å². The monoisotopic (exact) mass is 237 g/mol. The van der Waals surface area contributed by atoms with Crippen molar-refractivity contribution in [3.8, 4) is 0 Å². The fraction of sp³-hybridized carbons (Fsp3) is 0.750. The molecule has 0 saturated carbocycles. The zero-order valence-corrected chi connectivity index (χ0v) is 11.4. The second-order valence-corrected chi connectivity index (χ2v) is 5.89. The highest BCUT2D eigenvalue weighted by molar-refractivity contribution is 6.62. The van der Waals surface area contributed by atoms with E-state index in [1.165, 1.54) is 0 Å². The third kappa shape index (κ3) is 2.02. The Hall–Kier alpha value is -0.805. The highest BCUT2D eigenvalue weighted by Crippen LogP contribution is 2.36. The smallest absolute Gasteiger partial charge is 0.399 e. The first-order valence-electron chi connectivity index (χ1n) is 6.05. The van der Waals surface area contributed by atoms with Crippen molar-refractivity contribution < 1.29 is 13.8 Å². The lowest BCUT2D eigenvalue weighted by atomic mass is 9.78. The highest BCUT2D eigenvalue weighted by atomic mass is 16.7. The number of hydrogen-bond acceptors (Lipinski definition) is 4. The van der Waals surface area contributed by atoms with Gasteiger partial charge in [0.05, 0.1) is 17.4 Å². The summed E-state index contributed by atoms with van der Waals surface area (Å²) in [7, 11) is -0.386. The highest BCUT2D eigenvalue weighted by Gasteiger charge is 2.53. The first-order chi connectivity index (χ1) is 7.74. The molecule has 0 N–H and O–H groups in total. The van der Waals surface area contributed by atoms with E-state index in [0.29, 0.717) is 0 Å². The van der Waals surface area contributed by atoms with Crippen LogP contribution in [0.1, 0.15) is 53.2 Å². The first kappa shape index (κ1) is 12.6. The third-order valence-corrected chi connectivity index (χ3v) is 3.66. The van der Waals surface area contributed by atoms with Crippen molar-refractivity contribution in [3.05, 3.63) is 12.0 Å². The second-order valence-electron chi connectivity index (χ2n) is 5.89. The minimum absolute atomic E-state index is 0.270. The van der Waals surface area contributed by atoms with Crippen molar-refractivity contribution in [2.75, 3.05) is 0 Å². The molecule has 2 heterocycles. The molecule has 1 aromatic rings. The number of rotatable bonds is 2. The van der Waals surface area contributed by atoms with Crippen LogP contribution in [-0.4, -0.2) is 23.5 Å². The van der Waals surface area contributed by atoms with E-state index in [2.05, 4.69) is 19.0 Å². The quantitative estimate of drug-likeness (QED) is 0.739. The molecule has 1 fully saturated rings. The molecule has 0 spiro atoms. The molecule has 0 amide bonds. The molecule has 1 aromatic heterocycles. The normalized spacial score (nSPS) is 22.4. The largest absolute Gasteiger partial charge is 0.500 e. The summed E-state index contributed by atoms with van der Waals surface area (Å²) in [5.41, 5.74) is 0.241. The van der Waals surface area contributed by atoms with Gasteiger partial charge in [-0.25, -0.2) is 0 Å². The Morgan fingerprint density at radius 3 is 2.12 bits per heavy atom. The van der Waals surface area contributed by atoms with E-state index < -0.39 is 0 Å². The van der Waals surface area contributed by atoms with Crippen LogP contribution < -0.4 is 5.46 Å². The predicted molar refractivity (Wildman–Crippen MR) is 66.3 cm³/mol. The van der Waals surface area contributed by atoms with Gasteiger partial charge in [-0.05, 0) is 27.7 Å². The number of hydrogen-bond donors (Lipinski definition) is 0. The molecule has 4 nitrogen and oxygen atoms in total. The zero-order valence-electron chi connectivity index (χ0n) is 11.4. The van der Waals surface area contributed by atoms with E-state index in [4.69, 9.17) is 13.8 Å². The van der Waals surface area contributed by atoms with E-state index in [1.807, 2.05) is 27.7 Å². The zero-order chi connectivity index (χ0) is 12.8. The SMILES string of the molecule is CC(C)c1oncc1B1OC(C)(C)C(C)(C)O1. The molecule has 1 aliphatic heterocycles. The van der Waals surface area contributed by atoms with E-state index >= 15 is 0 Å². The lowest BCUT2D eigenvalue weighted by Crippen LogP contribution is -2.41. The maximum atomic E-state index is 5.98. The number of nitrogens with zero attached hydrogens (tertiary/aromatic N) is 1. The Bertz CT molecular complexity index is 396. The van der Waals surface area contributed by atoms with Crippen LogP contribution in [0, 0.1) is 0 Å². The Morgan fingerprint density at radius 1 is 1.12 bits per heavy atom. The Kier molecular flexibility index (Phi) is 2.87. The van der Waals surface area contributed by atoms with Crippen molar-refractivity contribution in [3.63, 3.8) is 0 Å². The van der Waals surface area contributed by atoms with Crippen LogP contribution in [0.4, 0.5) is 0 Å². The predicted octanol–water partition coefficient (Wildman–Crippen LogP) is 2.10. The number of aromatic nitrogens is 1. The summed E-state index contributed by atoms with van der Waals surface area (Å²) in [4.78, 5) is 0. The van der Waals surface area contributed by atoms with Crippen LogP contribution in [0.3, 0.4) is 0 Å². The van der Waals surface area contributed by atoms with E-state index in [1.54, 1.807) is 6.20 Å². The van der Waals surface area contributed by atoms with Crippen molar-refractivity contribution in [2.24, 2.45) is 0 Å². The molecule has 1 aliphatic rings. The summed E-state index contributed by atoms with van der Waals surface area (Å²) in [5.74, 6) is 1.11. The van der Waals surface area contributed by atoms with Crippen LogP contribution in [0.5, 0.6) is 0 Å². The van der Waals surface area contributed by atoms with Crippen molar-refractivity contribution in [1.82, 2.24) is 5.16 Å². The van der Waals surface area contributed by atoms with Gasteiger partial charge in [-0.3, -0.25) is 0 Å². The van der Waals surface area contributed by atoms with Gasteiger partial charge in [-0.1, -0.05) is 19.0 Å². The van der Waals surface area contributed by atoms with Gasteiger partial charge in [0.2, 0.25) is 0 Å². The minimum atomic E-state index is -0.386. The van der Waals surface area contributed by atoms with Gasteiger partial charge >= 0.3 is 7.12 Å². The standard InChI is InChI=1S/C12H20BNO3/c1-8(2)10-9(7-14-15-10)13-16-11(3,4)12(5,6)17-13/h7-8H,1-6H3. The fourth-order valence-corrected chi connectivity index (χ4v) is 1.84. The molecule has 5 heteroatoms. The third-order valence-electron chi connectivity index (χ3n) is 3.66. The maximum absolute atomic E-state index is 5.98. The first-order valence-corrected chi connectivity index (χ1v) is 6.05. The summed E-state index contributed by atoms with van der Waals surface area (Å²) in [6.07, 6.45) is 1.69. The van der Waals surface area contributed by atoms with Gasteiger partial charge in [0.1, 0.15) is 5.76 Å². The molecular weight excluding hydrogens is 217 g/mol. The minimum Gasteiger partial charge on any atom is -0.399 e. The van der Waals surface area contributed by atoms with Crippen molar-refractivity contribution >= 4 is 12.6 Å². The average molecular weight is 237 g/mol. The average Bonchev–Trinajstić information content (AvgIpc) is 2.69. The summed E-state index contributed by atoms with van der Waals surface area (Å²) in [6.45, 7) is 12.3. The molecule has 0 unspecified atom stereocenters. The van der Waals surface area contributed by atoms with Crippen LogP contribution in [0.15, 0.2) is 10.7 Å². The molecule has 94 valence electrons. The van der Waals surface area contributed by atoms with Crippen LogP contribution >= 0.6 is 0 Å². The second kappa shape index (κ2) is 3.85. The topological polar surface area (TPSA) is 44.5 Å². The van der Waals surface area contributed by atoms with Gasteiger partial charge in [0.15, 0.2) is 0 Å². The Labute approximate surface area is 103 Å². The lowest BCUT2D eigenvalue weighted by molar-refractivity contribution is 0.00578. The molecule has 0 aromatic carbocycles. The molecule has 1 saturated heterocycles. The molecular formula is C12H20BNO3. The lowest BCUT2D eigenvalue weighted by Gasteiger charge is -2.32. The van der Waals surface area contributed by atoms with E-state index in [9.17, 15) is 0 Å². The van der Waals surface area contributed by atoms with E-state index in [-0.39, 0.29) is 24.2 Å². The molecule has 2 rings (SSSR count). The summed E-state index contributed by atoms with van der Waals surface area (Å²) in [5, 5.41) is 3.85. The fourth-order valence-electron chi connectivity index (χ4n) is 1.84. The molecule has 0 atom stereocenters. The summed E-state index contributed by atoms with van der Waals surface area (Å²) < 4.78 is 17.2. The molecule has 17 heavy (non-hydrogen) atoms. The van der Waals surface area contributed by atoms with Crippen LogP contribution in [0.2, 0.25) is 0 Å². The van der Waals surface area contributed by atoms with Gasteiger partial charge in [0, 0.05) is 11.4 Å².